The average molecular weight is 370 g/mol. The Morgan fingerprint density at radius 3 is 3.00 bits per heavy atom. The van der Waals surface area contributed by atoms with E-state index in [1.165, 1.54) is 6.20 Å². The van der Waals surface area contributed by atoms with Gasteiger partial charge >= 0.3 is 0 Å². The number of aromatic nitrogens is 1. The fraction of sp³-hybridized carbons (Fsp3) is 0.300. The summed E-state index contributed by atoms with van der Waals surface area (Å²) in [5.41, 5.74) is 5.70. The zero-order valence-electron chi connectivity index (χ0n) is 14.2. The van der Waals surface area contributed by atoms with Crippen LogP contribution in [0.4, 0.5) is 5.82 Å². The maximum atomic E-state index is 12.4. The summed E-state index contributed by atoms with van der Waals surface area (Å²) < 4.78 is 0. The Kier molecular flexibility index (Phi) is 5.46. The first-order valence-corrected chi connectivity index (χ1v) is 8.85. The van der Waals surface area contributed by atoms with Crippen LogP contribution in [0.2, 0.25) is 5.02 Å². The fourth-order valence-electron chi connectivity index (χ4n) is 3.12. The van der Waals surface area contributed by atoms with Crippen LogP contribution in [-0.2, 0) is 0 Å². The first kappa shape index (κ1) is 18.2. The van der Waals surface area contributed by atoms with Gasteiger partial charge in [0.2, 0.25) is 0 Å². The highest BCUT2D eigenvalue weighted by Crippen LogP contribution is 2.28. The largest absolute Gasteiger partial charge is 0.383 e. The van der Waals surface area contributed by atoms with Crippen molar-refractivity contribution < 1.29 is 9.90 Å². The standard InChI is InChI=1S/C20H20ClN3O2/c21-15-5-1-4-14(12-15)8-10-20(26)9-2-6-16(13-20)24-19(25)17-7-3-11-23-18(17)22/h1,3-5,7,11-12,16,26H,2,6,9,13H2,(H2,22,23)(H,24,25)/t16-,20?/m0/s1. The van der Waals surface area contributed by atoms with E-state index in [2.05, 4.69) is 22.1 Å². The Bertz CT molecular complexity index is 875. The summed E-state index contributed by atoms with van der Waals surface area (Å²) in [5.74, 6) is 5.84. The number of carbonyl (C=O) groups excluding carboxylic acids is 1. The lowest BCUT2D eigenvalue weighted by Crippen LogP contribution is -2.45. The summed E-state index contributed by atoms with van der Waals surface area (Å²) in [7, 11) is 0. The molecule has 5 nitrogen and oxygen atoms in total. The normalized spacial score (nSPS) is 22.2. The third-order valence-electron chi connectivity index (χ3n) is 4.41. The van der Waals surface area contributed by atoms with Crippen molar-refractivity contribution in [1.82, 2.24) is 10.3 Å². The molecule has 4 N–H and O–H groups in total. The first-order valence-electron chi connectivity index (χ1n) is 8.48. The van der Waals surface area contributed by atoms with E-state index in [1.807, 2.05) is 12.1 Å². The van der Waals surface area contributed by atoms with E-state index in [1.54, 1.807) is 24.3 Å². The van der Waals surface area contributed by atoms with Gasteiger partial charge in [-0.15, -0.1) is 0 Å². The Morgan fingerprint density at radius 1 is 1.38 bits per heavy atom. The predicted molar refractivity (Wildman–Crippen MR) is 102 cm³/mol. The van der Waals surface area contributed by atoms with Gasteiger partial charge in [-0.25, -0.2) is 4.98 Å². The number of carbonyl (C=O) groups is 1. The van der Waals surface area contributed by atoms with Crippen molar-refractivity contribution >= 4 is 23.3 Å². The van der Waals surface area contributed by atoms with Crippen LogP contribution in [0.5, 0.6) is 0 Å². The molecule has 0 saturated heterocycles. The highest BCUT2D eigenvalue weighted by atomic mass is 35.5. The van der Waals surface area contributed by atoms with Gasteiger partial charge < -0.3 is 16.2 Å². The van der Waals surface area contributed by atoms with Gasteiger partial charge in [-0.2, -0.15) is 0 Å². The molecule has 1 aromatic heterocycles. The number of nitrogen functional groups attached to an aromatic ring is 1. The molecule has 6 heteroatoms. The van der Waals surface area contributed by atoms with E-state index >= 15 is 0 Å². The van der Waals surface area contributed by atoms with Gasteiger partial charge in [0.25, 0.3) is 5.91 Å². The van der Waals surface area contributed by atoms with Crippen LogP contribution in [0.15, 0.2) is 42.6 Å². The van der Waals surface area contributed by atoms with Crippen LogP contribution in [0.1, 0.15) is 41.6 Å². The highest BCUT2D eigenvalue weighted by Gasteiger charge is 2.33. The number of anilines is 1. The van der Waals surface area contributed by atoms with Crippen LogP contribution >= 0.6 is 11.6 Å². The molecule has 2 aromatic rings. The molecule has 0 spiro atoms. The van der Waals surface area contributed by atoms with Crippen molar-refractivity contribution in [2.24, 2.45) is 0 Å². The summed E-state index contributed by atoms with van der Waals surface area (Å²) in [6.07, 6.45) is 4.03. The van der Waals surface area contributed by atoms with E-state index in [-0.39, 0.29) is 17.8 Å². The number of nitrogens with one attached hydrogen (secondary N) is 1. The van der Waals surface area contributed by atoms with Crippen LogP contribution in [0.25, 0.3) is 0 Å². The van der Waals surface area contributed by atoms with Crippen molar-refractivity contribution in [1.29, 1.82) is 0 Å². The molecule has 134 valence electrons. The Morgan fingerprint density at radius 2 is 2.23 bits per heavy atom. The summed E-state index contributed by atoms with van der Waals surface area (Å²) in [6.45, 7) is 0. The number of amides is 1. The number of benzene rings is 1. The lowest BCUT2D eigenvalue weighted by atomic mass is 9.82. The minimum absolute atomic E-state index is 0.172. The third kappa shape index (κ3) is 4.54. The van der Waals surface area contributed by atoms with Crippen molar-refractivity contribution in [2.75, 3.05) is 5.73 Å². The van der Waals surface area contributed by atoms with Crippen molar-refractivity contribution in [3.63, 3.8) is 0 Å². The van der Waals surface area contributed by atoms with E-state index in [9.17, 15) is 9.90 Å². The minimum Gasteiger partial charge on any atom is -0.383 e. The van der Waals surface area contributed by atoms with Crippen molar-refractivity contribution in [2.45, 2.75) is 37.3 Å². The smallest absolute Gasteiger partial charge is 0.255 e. The molecule has 1 fully saturated rings. The molecule has 1 heterocycles. The molecule has 26 heavy (non-hydrogen) atoms. The fourth-order valence-corrected chi connectivity index (χ4v) is 3.31. The van der Waals surface area contributed by atoms with Crippen LogP contribution in [-0.4, -0.2) is 27.6 Å². The SMILES string of the molecule is Nc1ncccc1C(=O)N[C@H]1CCCC(O)(C#Cc2cccc(Cl)c2)C1. The van der Waals surface area contributed by atoms with Gasteiger partial charge in [0.15, 0.2) is 0 Å². The molecule has 1 aliphatic rings. The lowest BCUT2D eigenvalue weighted by Gasteiger charge is -2.33. The zero-order valence-corrected chi connectivity index (χ0v) is 15.0. The van der Waals surface area contributed by atoms with Gasteiger partial charge in [0, 0.05) is 29.2 Å². The molecule has 1 aromatic carbocycles. The van der Waals surface area contributed by atoms with Crippen LogP contribution in [0.3, 0.4) is 0 Å². The molecule has 0 aliphatic heterocycles. The quantitative estimate of drug-likeness (QED) is 0.710. The number of nitrogens with zero attached hydrogens (tertiary/aromatic N) is 1. The molecule has 1 unspecified atom stereocenters. The highest BCUT2D eigenvalue weighted by molar-refractivity contribution is 6.30. The number of halogens is 1. The number of aliphatic hydroxyl groups is 1. The first-order chi connectivity index (χ1) is 12.5. The molecule has 2 atom stereocenters. The van der Waals surface area contributed by atoms with Crippen molar-refractivity contribution in [3.8, 4) is 11.8 Å². The molecule has 0 bridgehead atoms. The van der Waals surface area contributed by atoms with E-state index in [4.69, 9.17) is 17.3 Å². The minimum atomic E-state index is -1.14. The van der Waals surface area contributed by atoms with Crippen LogP contribution in [0, 0.1) is 11.8 Å². The Balaban J connectivity index is 1.69. The number of pyridine rings is 1. The van der Waals surface area contributed by atoms with Gasteiger partial charge in [-0.05, 0) is 49.6 Å². The maximum absolute atomic E-state index is 12.4. The van der Waals surface area contributed by atoms with Gasteiger partial charge in [0.05, 0.1) is 5.56 Å². The molecule has 0 radical (unpaired) electrons. The number of hydrogen-bond acceptors (Lipinski definition) is 4. The molecular weight excluding hydrogens is 350 g/mol. The third-order valence-corrected chi connectivity index (χ3v) is 4.64. The van der Waals surface area contributed by atoms with Crippen LogP contribution < -0.4 is 11.1 Å². The Hall–Kier alpha value is -2.55. The van der Waals surface area contributed by atoms with E-state index < -0.39 is 5.60 Å². The van der Waals surface area contributed by atoms with Gasteiger partial charge in [0.1, 0.15) is 11.4 Å². The molecule has 1 amide bonds. The second-order valence-electron chi connectivity index (χ2n) is 6.49. The topological polar surface area (TPSA) is 88.2 Å². The summed E-state index contributed by atoms with van der Waals surface area (Å²) >= 11 is 5.96. The lowest BCUT2D eigenvalue weighted by molar-refractivity contribution is 0.0452. The molecule has 3 rings (SSSR count). The van der Waals surface area contributed by atoms with Crippen molar-refractivity contribution in [3.05, 3.63) is 58.7 Å². The van der Waals surface area contributed by atoms with Gasteiger partial charge in [-0.1, -0.05) is 29.5 Å². The molecular formula is C20H20ClN3O2. The summed E-state index contributed by atoms with van der Waals surface area (Å²) in [4.78, 5) is 16.3. The van der Waals surface area contributed by atoms with E-state index in [0.29, 0.717) is 23.4 Å². The molecule has 1 aliphatic carbocycles. The predicted octanol–water partition coefficient (Wildman–Crippen LogP) is 2.77. The summed E-state index contributed by atoms with van der Waals surface area (Å²) in [5, 5.41) is 14.3. The summed E-state index contributed by atoms with van der Waals surface area (Å²) in [6, 6.07) is 10.3. The maximum Gasteiger partial charge on any atom is 0.255 e. The second-order valence-corrected chi connectivity index (χ2v) is 6.93. The monoisotopic (exact) mass is 369 g/mol. The average Bonchev–Trinajstić information content (AvgIpc) is 2.61. The second kappa shape index (κ2) is 7.77. The number of hydrogen-bond donors (Lipinski definition) is 3. The Labute approximate surface area is 157 Å². The van der Waals surface area contributed by atoms with E-state index in [0.717, 1.165) is 18.4 Å². The molecule has 1 saturated carbocycles. The number of nitrogens with two attached hydrogens (primary N) is 1. The zero-order chi connectivity index (χ0) is 18.6. The number of rotatable bonds is 2. The van der Waals surface area contributed by atoms with Gasteiger partial charge in [-0.3, -0.25) is 4.79 Å².